The first kappa shape index (κ1) is 9.65. The van der Waals surface area contributed by atoms with E-state index in [2.05, 4.69) is 6.07 Å². The van der Waals surface area contributed by atoms with Crippen LogP contribution in [-0.4, -0.2) is 20.3 Å². The molecule has 1 aliphatic carbocycles. The smallest absolute Gasteiger partial charge is 0.210 e. The molecule has 14 heavy (non-hydrogen) atoms. The first-order valence-electron chi connectivity index (χ1n) is 4.69. The second kappa shape index (κ2) is 3.35. The van der Waals surface area contributed by atoms with Crippen molar-refractivity contribution in [3.8, 4) is 0 Å². The lowest BCUT2D eigenvalue weighted by atomic mass is 10.1. The Morgan fingerprint density at radius 2 is 1.93 bits per heavy atom. The summed E-state index contributed by atoms with van der Waals surface area (Å²) in [6, 6.07) is 7.93. The molecule has 3 nitrogen and oxygen atoms in total. The molecule has 2 N–H and O–H groups in total. The van der Waals surface area contributed by atoms with E-state index in [1.807, 2.05) is 18.2 Å². The first-order valence-corrected chi connectivity index (χ1v) is 4.69. The third-order valence-corrected chi connectivity index (χ3v) is 2.93. The van der Waals surface area contributed by atoms with E-state index in [1.54, 1.807) is 14.2 Å². The summed E-state index contributed by atoms with van der Waals surface area (Å²) in [7, 11) is 3.26. The number of methoxy groups -OCH3 is 2. The molecule has 1 aromatic rings. The van der Waals surface area contributed by atoms with Crippen molar-refractivity contribution in [3.63, 3.8) is 0 Å². The Bertz CT molecular complexity index is 334. The lowest BCUT2D eigenvalue weighted by Gasteiger charge is -2.31. The highest BCUT2D eigenvalue weighted by molar-refractivity contribution is 5.38. The monoisotopic (exact) mass is 193 g/mol. The van der Waals surface area contributed by atoms with E-state index in [9.17, 15) is 0 Å². The van der Waals surface area contributed by atoms with Gasteiger partial charge in [-0.1, -0.05) is 24.3 Å². The maximum atomic E-state index is 6.04. The van der Waals surface area contributed by atoms with E-state index in [0.717, 1.165) is 12.0 Å². The molecule has 0 amide bonds. The van der Waals surface area contributed by atoms with Crippen LogP contribution in [0.25, 0.3) is 0 Å². The molecule has 0 saturated heterocycles. The van der Waals surface area contributed by atoms with Crippen LogP contribution in [0.2, 0.25) is 0 Å². The number of fused-ring (bicyclic) bond motifs is 1. The fraction of sp³-hybridized carbons (Fsp3) is 0.455. The number of rotatable bonds is 2. The van der Waals surface area contributed by atoms with Gasteiger partial charge in [-0.05, 0) is 12.0 Å². The lowest BCUT2D eigenvalue weighted by Crippen LogP contribution is -2.45. The summed E-state index contributed by atoms with van der Waals surface area (Å²) in [6.45, 7) is 0. The quantitative estimate of drug-likeness (QED) is 0.713. The maximum Gasteiger partial charge on any atom is 0.210 e. The summed E-state index contributed by atoms with van der Waals surface area (Å²) >= 11 is 0. The van der Waals surface area contributed by atoms with Gasteiger partial charge in [-0.2, -0.15) is 0 Å². The van der Waals surface area contributed by atoms with Crippen molar-refractivity contribution in [2.75, 3.05) is 14.2 Å². The second-order valence-electron chi connectivity index (χ2n) is 3.54. The summed E-state index contributed by atoms with van der Waals surface area (Å²) in [4.78, 5) is 0. The molecule has 0 radical (unpaired) electrons. The van der Waals surface area contributed by atoms with Crippen molar-refractivity contribution < 1.29 is 9.47 Å². The van der Waals surface area contributed by atoms with Gasteiger partial charge >= 0.3 is 0 Å². The number of benzene rings is 1. The molecule has 0 bridgehead atoms. The fourth-order valence-corrected chi connectivity index (χ4v) is 2.22. The Kier molecular flexibility index (Phi) is 2.31. The summed E-state index contributed by atoms with van der Waals surface area (Å²) in [6.07, 6.45) is 0.803. The molecule has 0 aliphatic heterocycles. The topological polar surface area (TPSA) is 44.5 Å². The minimum atomic E-state index is -0.753. The van der Waals surface area contributed by atoms with Crippen LogP contribution in [0.3, 0.4) is 0 Å². The van der Waals surface area contributed by atoms with E-state index in [-0.39, 0.29) is 6.04 Å². The second-order valence-corrected chi connectivity index (χ2v) is 3.54. The van der Waals surface area contributed by atoms with Gasteiger partial charge < -0.3 is 15.2 Å². The zero-order valence-corrected chi connectivity index (χ0v) is 8.49. The third-order valence-electron chi connectivity index (χ3n) is 2.93. The largest absolute Gasteiger partial charge is 0.348 e. The Morgan fingerprint density at radius 1 is 1.29 bits per heavy atom. The molecule has 1 unspecified atom stereocenters. The van der Waals surface area contributed by atoms with Gasteiger partial charge in [0.05, 0.1) is 6.04 Å². The Morgan fingerprint density at radius 3 is 2.57 bits per heavy atom. The van der Waals surface area contributed by atoms with Crippen LogP contribution in [0.1, 0.15) is 11.1 Å². The molecule has 0 fully saturated rings. The van der Waals surface area contributed by atoms with Gasteiger partial charge in [0.1, 0.15) is 0 Å². The van der Waals surface area contributed by atoms with E-state index in [1.165, 1.54) is 5.56 Å². The van der Waals surface area contributed by atoms with Gasteiger partial charge in [-0.15, -0.1) is 0 Å². The highest BCUT2D eigenvalue weighted by Crippen LogP contribution is 2.39. The van der Waals surface area contributed by atoms with E-state index >= 15 is 0 Å². The highest BCUT2D eigenvalue weighted by Gasteiger charge is 2.45. The van der Waals surface area contributed by atoms with Crippen molar-refractivity contribution >= 4 is 0 Å². The Labute approximate surface area is 83.8 Å². The molecular formula is C11H15NO2. The molecular weight excluding hydrogens is 178 g/mol. The Balaban J connectivity index is 2.53. The zero-order valence-electron chi connectivity index (χ0n) is 8.49. The standard InChI is InChI=1S/C11H15NO2/c1-13-11(14-2)9-6-4-3-5-8(9)7-10(11)12/h3-6,10H,7,12H2,1-2H3. The van der Waals surface area contributed by atoms with Crippen molar-refractivity contribution in [2.24, 2.45) is 5.73 Å². The van der Waals surface area contributed by atoms with Crippen LogP contribution in [-0.2, 0) is 21.7 Å². The molecule has 76 valence electrons. The maximum absolute atomic E-state index is 6.04. The number of hydrogen-bond donors (Lipinski definition) is 1. The van der Waals surface area contributed by atoms with Gasteiger partial charge in [0.2, 0.25) is 5.79 Å². The normalized spacial score (nSPS) is 23.5. The Hall–Kier alpha value is -0.900. The fourth-order valence-electron chi connectivity index (χ4n) is 2.22. The van der Waals surface area contributed by atoms with Crippen LogP contribution < -0.4 is 5.73 Å². The molecule has 1 aromatic carbocycles. The molecule has 0 spiro atoms. The number of nitrogens with two attached hydrogens (primary N) is 1. The van der Waals surface area contributed by atoms with Gasteiger partial charge in [-0.3, -0.25) is 0 Å². The molecule has 0 heterocycles. The van der Waals surface area contributed by atoms with Gasteiger partial charge in [0.15, 0.2) is 0 Å². The predicted octanol–water partition coefficient (Wildman–Crippen LogP) is 1.02. The third kappa shape index (κ3) is 1.10. The highest BCUT2D eigenvalue weighted by atomic mass is 16.7. The predicted molar refractivity (Wildman–Crippen MR) is 53.8 cm³/mol. The van der Waals surface area contributed by atoms with Crippen molar-refractivity contribution in [1.82, 2.24) is 0 Å². The van der Waals surface area contributed by atoms with Crippen LogP contribution in [0.4, 0.5) is 0 Å². The van der Waals surface area contributed by atoms with Crippen LogP contribution in [0, 0.1) is 0 Å². The lowest BCUT2D eigenvalue weighted by molar-refractivity contribution is -0.222. The molecule has 1 atom stereocenters. The molecule has 1 aliphatic rings. The first-order chi connectivity index (χ1) is 6.74. The summed E-state index contributed by atoms with van der Waals surface area (Å²) in [5.41, 5.74) is 8.30. The van der Waals surface area contributed by atoms with Gasteiger partial charge in [-0.25, -0.2) is 0 Å². The van der Waals surface area contributed by atoms with Crippen molar-refractivity contribution in [3.05, 3.63) is 35.4 Å². The van der Waals surface area contributed by atoms with E-state index < -0.39 is 5.79 Å². The van der Waals surface area contributed by atoms with Crippen molar-refractivity contribution in [2.45, 2.75) is 18.2 Å². The van der Waals surface area contributed by atoms with Crippen molar-refractivity contribution in [1.29, 1.82) is 0 Å². The molecule has 0 saturated carbocycles. The molecule has 2 rings (SSSR count). The van der Waals surface area contributed by atoms with E-state index in [4.69, 9.17) is 15.2 Å². The SMILES string of the molecule is COC1(OC)c2ccccc2CC1N. The van der Waals surface area contributed by atoms with E-state index in [0.29, 0.717) is 0 Å². The minimum Gasteiger partial charge on any atom is -0.348 e. The van der Waals surface area contributed by atoms with Crippen LogP contribution >= 0.6 is 0 Å². The van der Waals surface area contributed by atoms with Crippen LogP contribution in [0.5, 0.6) is 0 Å². The number of ether oxygens (including phenoxy) is 2. The average molecular weight is 193 g/mol. The van der Waals surface area contributed by atoms with Gasteiger partial charge in [0.25, 0.3) is 0 Å². The zero-order chi connectivity index (χ0) is 10.2. The summed E-state index contributed by atoms with van der Waals surface area (Å²) < 4.78 is 10.9. The number of hydrogen-bond acceptors (Lipinski definition) is 3. The summed E-state index contributed by atoms with van der Waals surface area (Å²) in [5.74, 6) is -0.753. The molecule has 0 aromatic heterocycles. The van der Waals surface area contributed by atoms with Crippen LogP contribution in [0.15, 0.2) is 24.3 Å². The van der Waals surface area contributed by atoms with Gasteiger partial charge in [0, 0.05) is 19.8 Å². The summed E-state index contributed by atoms with van der Waals surface area (Å²) in [5, 5.41) is 0. The average Bonchev–Trinajstić information content (AvgIpc) is 2.50. The minimum absolute atomic E-state index is 0.130. The molecule has 3 heteroatoms.